The number of nitrogens with one attached hydrogen (secondary N) is 3. The number of fused-ring (bicyclic) bond motifs is 1. The van der Waals surface area contributed by atoms with Gasteiger partial charge in [-0.2, -0.15) is 0 Å². The minimum absolute atomic E-state index is 0.00568. The predicted molar refractivity (Wildman–Crippen MR) is 311 cm³/mol. The molecule has 0 aromatic heterocycles. The van der Waals surface area contributed by atoms with Crippen molar-refractivity contribution < 1.29 is 38.5 Å². The van der Waals surface area contributed by atoms with Crippen molar-refractivity contribution >= 4 is 29.7 Å². The van der Waals surface area contributed by atoms with Crippen LogP contribution in [-0.2, 0) is 25.7 Å². The van der Waals surface area contributed by atoms with E-state index in [9.17, 15) is 24.3 Å². The molecular formula is C63H94N4O8. The number of phenolic OH excluding ortho intramolecular Hbond substituents is 1. The van der Waals surface area contributed by atoms with E-state index in [0.717, 1.165) is 100 Å². The minimum Gasteiger partial charge on any atom is -0.504 e. The number of ether oxygens (including phenoxy) is 3. The first-order chi connectivity index (χ1) is 36.2. The van der Waals surface area contributed by atoms with Gasteiger partial charge < -0.3 is 40.2 Å². The molecule has 75 heavy (non-hydrogen) atoms. The fraction of sp³-hybridized carbons (Fsp3) is 0.492. The predicted octanol–water partition coefficient (Wildman–Crippen LogP) is 13.5. The number of nitrogens with zero attached hydrogens (tertiary/aromatic N) is 1. The number of piperidine rings is 1. The van der Waals surface area contributed by atoms with Crippen LogP contribution in [0.2, 0.25) is 0 Å². The molecule has 12 nitrogen and oxygen atoms in total. The van der Waals surface area contributed by atoms with Gasteiger partial charge in [0.1, 0.15) is 0 Å². The highest BCUT2D eigenvalue weighted by Gasteiger charge is 2.14. The fourth-order valence-corrected chi connectivity index (χ4v) is 6.80. The van der Waals surface area contributed by atoms with Gasteiger partial charge in [0.15, 0.2) is 23.0 Å². The lowest BCUT2D eigenvalue weighted by atomic mass is 10.1. The molecule has 2 aromatic rings. The molecule has 2 aromatic carbocycles. The topological polar surface area (TPSA) is 156 Å². The number of rotatable bonds is 27. The van der Waals surface area contributed by atoms with Crippen LogP contribution >= 0.6 is 0 Å². The van der Waals surface area contributed by atoms with Crippen LogP contribution in [0.5, 0.6) is 23.0 Å². The van der Waals surface area contributed by atoms with Gasteiger partial charge in [-0.15, -0.1) is 0 Å². The lowest BCUT2D eigenvalue weighted by Gasteiger charge is -2.25. The summed E-state index contributed by atoms with van der Waals surface area (Å²) in [4.78, 5) is 48.1. The molecule has 2 heterocycles. The fourth-order valence-electron chi connectivity index (χ4n) is 6.80. The number of unbranched alkanes of at least 4 members (excludes halogenated alkanes) is 6. The van der Waals surface area contributed by atoms with Crippen molar-refractivity contribution in [2.24, 2.45) is 17.8 Å². The maximum atomic E-state index is 11.9. The standard InChI is InChI=1S/C18H27NO3.C17H19NO3.C14H25NO.C14H23NO/c1-14(2)8-6-4-5-7-9-18(21)19-13-15-10-11-16(20)17(12-15)22-3;19-17(18-10-4-1-5-11-18)7-3-2-6-14-8-9-15-16(12-14)21-13-20-15;2*1-4-5-6-7-8-9-10-11-14(16)15-12-13(2)3/h6,8,10-12,14,20H,4-5,7,9,13H2,1-3H3,(H,19,21);2-3,6-9,12H,1,4-5,10-11,13H2;8-11,13H,4-7,12H2,1-3H3,(H,15,16);4-7,10-11,13H,8-9,12H2,1-3H3,(H,15,16)/b8-6+;6-2+,7-3+;9-8+,11-10+;5-4+,7-6-,11-10+. The van der Waals surface area contributed by atoms with E-state index in [-0.39, 0.29) is 36.2 Å². The summed E-state index contributed by atoms with van der Waals surface area (Å²) in [5.41, 5.74) is 1.93. The molecule has 414 valence electrons. The van der Waals surface area contributed by atoms with Crippen molar-refractivity contribution in [2.75, 3.05) is 40.1 Å². The summed E-state index contributed by atoms with van der Waals surface area (Å²) in [6.45, 7) is 20.8. The van der Waals surface area contributed by atoms with E-state index in [1.165, 1.54) is 32.8 Å². The molecule has 2 aliphatic heterocycles. The Bertz CT molecular complexity index is 2140. The number of likely N-dealkylation sites (tertiary alicyclic amines) is 1. The maximum absolute atomic E-state index is 11.9. The van der Waals surface area contributed by atoms with Crippen LogP contribution in [0.4, 0.5) is 0 Å². The second kappa shape index (κ2) is 43.8. The molecule has 0 unspecified atom stereocenters. The Hall–Kier alpha value is -6.56. The number of allylic oxidation sites excluding steroid dienone is 12. The summed E-state index contributed by atoms with van der Waals surface area (Å²) >= 11 is 0. The van der Waals surface area contributed by atoms with E-state index in [0.29, 0.717) is 36.5 Å². The van der Waals surface area contributed by atoms with Crippen molar-refractivity contribution in [1.29, 1.82) is 0 Å². The number of phenols is 1. The number of amides is 4. The molecule has 12 heteroatoms. The molecule has 0 radical (unpaired) electrons. The highest BCUT2D eigenvalue weighted by molar-refractivity contribution is 5.88. The van der Waals surface area contributed by atoms with E-state index in [2.05, 4.69) is 88.7 Å². The molecule has 0 atom stereocenters. The second-order valence-corrected chi connectivity index (χ2v) is 19.4. The summed E-state index contributed by atoms with van der Waals surface area (Å²) in [6, 6.07) is 10.9. The third-order valence-corrected chi connectivity index (χ3v) is 11.0. The van der Waals surface area contributed by atoms with E-state index in [1.54, 1.807) is 42.5 Å². The summed E-state index contributed by atoms with van der Waals surface area (Å²) in [5, 5.41) is 18.1. The highest BCUT2D eigenvalue weighted by atomic mass is 16.7. The Morgan fingerprint density at radius 2 is 1.32 bits per heavy atom. The molecule has 0 bridgehead atoms. The van der Waals surface area contributed by atoms with Gasteiger partial charge in [-0.05, 0) is 130 Å². The smallest absolute Gasteiger partial charge is 0.246 e. The van der Waals surface area contributed by atoms with Gasteiger partial charge in [0.05, 0.1) is 7.11 Å². The van der Waals surface area contributed by atoms with Crippen molar-refractivity contribution in [2.45, 2.75) is 145 Å². The summed E-state index contributed by atoms with van der Waals surface area (Å²) in [5.74, 6) is 3.82. The average Bonchev–Trinajstić information content (AvgIpc) is 3.88. The van der Waals surface area contributed by atoms with Gasteiger partial charge >= 0.3 is 0 Å². The van der Waals surface area contributed by atoms with Gasteiger partial charge in [-0.3, -0.25) is 19.2 Å². The van der Waals surface area contributed by atoms with Gasteiger partial charge in [-0.25, -0.2) is 0 Å². The molecule has 4 rings (SSSR count). The van der Waals surface area contributed by atoms with E-state index in [1.807, 2.05) is 78.6 Å². The first kappa shape index (κ1) is 66.5. The maximum Gasteiger partial charge on any atom is 0.246 e. The third kappa shape index (κ3) is 36.9. The van der Waals surface area contributed by atoms with Gasteiger partial charge in [0.25, 0.3) is 0 Å². The number of carbonyl (C=O) groups is 4. The summed E-state index contributed by atoms with van der Waals surface area (Å²) < 4.78 is 15.6. The van der Waals surface area contributed by atoms with Crippen LogP contribution in [0, 0.1) is 17.8 Å². The Morgan fingerprint density at radius 3 is 2.00 bits per heavy atom. The van der Waals surface area contributed by atoms with Gasteiger partial charge in [-0.1, -0.05) is 152 Å². The Morgan fingerprint density at radius 1 is 0.680 bits per heavy atom. The number of aromatic hydroxyl groups is 1. The van der Waals surface area contributed by atoms with Crippen molar-refractivity contribution in [3.8, 4) is 23.0 Å². The molecule has 4 amide bonds. The van der Waals surface area contributed by atoms with Gasteiger partial charge in [0.2, 0.25) is 30.4 Å². The highest BCUT2D eigenvalue weighted by Crippen LogP contribution is 2.33. The zero-order chi connectivity index (χ0) is 55.3. The number of hydrogen-bond donors (Lipinski definition) is 4. The largest absolute Gasteiger partial charge is 0.504 e. The van der Waals surface area contributed by atoms with E-state index < -0.39 is 0 Å². The van der Waals surface area contributed by atoms with Crippen LogP contribution in [0.25, 0.3) is 6.08 Å². The number of methoxy groups -OCH3 is 1. The average molecular weight is 1040 g/mol. The second-order valence-electron chi connectivity index (χ2n) is 19.4. The molecular weight excluding hydrogens is 941 g/mol. The molecule has 0 spiro atoms. The first-order valence-electron chi connectivity index (χ1n) is 27.3. The lowest BCUT2D eigenvalue weighted by Crippen LogP contribution is -2.34. The van der Waals surface area contributed by atoms with Crippen molar-refractivity contribution in [3.05, 3.63) is 139 Å². The normalized spacial score (nSPS) is 13.4. The molecule has 4 N–H and O–H groups in total. The molecule has 0 saturated carbocycles. The third-order valence-electron chi connectivity index (χ3n) is 11.0. The lowest BCUT2D eigenvalue weighted by molar-refractivity contribution is -0.127. The Kier molecular flexibility index (Phi) is 38.8. The summed E-state index contributed by atoms with van der Waals surface area (Å²) in [6.07, 6.45) is 44.4. The Balaban J connectivity index is 0.000000506. The van der Waals surface area contributed by atoms with Crippen LogP contribution in [0.1, 0.15) is 150 Å². The summed E-state index contributed by atoms with van der Waals surface area (Å²) in [7, 11) is 1.51. The number of benzene rings is 2. The van der Waals surface area contributed by atoms with Crippen LogP contribution in [0.15, 0.2) is 128 Å². The van der Waals surface area contributed by atoms with Crippen LogP contribution < -0.4 is 30.2 Å². The minimum atomic E-state index is -0.00749. The van der Waals surface area contributed by atoms with Crippen LogP contribution in [-0.4, -0.2) is 73.7 Å². The van der Waals surface area contributed by atoms with E-state index in [4.69, 9.17) is 14.2 Å². The SMILES string of the molecule is C/C=C/C=C\CC/C=C/C(=O)NCC(C)C.CCCCC/C=C/C=C/C(=O)NCC(C)C.COc1cc(CNC(=O)CCCC/C=C/C(C)C)ccc1O.O=C(/C=C/C=C/c1ccc2c(c1)OCO2)N1CCCCC1. The molecule has 1 fully saturated rings. The van der Waals surface area contributed by atoms with Gasteiger partial charge in [0, 0.05) is 51.3 Å². The van der Waals surface area contributed by atoms with E-state index >= 15 is 0 Å². The number of carbonyl (C=O) groups excluding carboxylic acids is 4. The Labute approximate surface area is 452 Å². The first-order valence-corrected chi connectivity index (χ1v) is 27.3. The van der Waals surface area contributed by atoms with Crippen molar-refractivity contribution in [3.63, 3.8) is 0 Å². The molecule has 2 aliphatic rings. The zero-order valence-corrected chi connectivity index (χ0v) is 47.1. The monoisotopic (exact) mass is 1030 g/mol. The molecule has 0 aliphatic carbocycles. The quantitative estimate of drug-likeness (QED) is 0.0298. The molecule has 1 saturated heterocycles. The van der Waals surface area contributed by atoms with Crippen LogP contribution in [0.3, 0.4) is 0 Å². The zero-order valence-electron chi connectivity index (χ0n) is 47.1. The number of hydrogen-bond acceptors (Lipinski definition) is 8. The van der Waals surface area contributed by atoms with Crippen molar-refractivity contribution in [1.82, 2.24) is 20.9 Å².